The van der Waals surface area contributed by atoms with E-state index in [9.17, 15) is 0 Å². The molecule has 0 bridgehead atoms. The zero-order valence-corrected chi connectivity index (χ0v) is 13.9. The molecule has 1 fully saturated rings. The third kappa shape index (κ3) is 5.42. The van der Waals surface area contributed by atoms with Crippen LogP contribution in [-0.4, -0.2) is 42.8 Å². The maximum Gasteiger partial charge on any atom is 0.0678 e. The lowest BCUT2D eigenvalue weighted by Gasteiger charge is -2.35. The average Bonchev–Trinajstić information content (AvgIpc) is 2.39. The van der Waals surface area contributed by atoms with Gasteiger partial charge in [0.15, 0.2) is 0 Å². The topological polar surface area (TPSA) is 24.5 Å². The van der Waals surface area contributed by atoms with E-state index in [1.807, 2.05) is 0 Å². The first kappa shape index (κ1) is 16.5. The molecule has 2 rings (SSSR count). The third-order valence-corrected chi connectivity index (χ3v) is 3.95. The minimum absolute atomic E-state index is 0.337. The number of nitrogens with one attached hydrogen (secondary N) is 1. The number of nitrogens with zero attached hydrogens (tertiary/aromatic N) is 1. The minimum atomic E-state index is 0.337. The Labute approximate surface area is 129 Å². The second kappa shape index (κ2) is 7.92. The molecule has 21 heavy (non-hydrogen) atoms. The summed E-state index contributed by atoms with van der Waals surface area (Å²) < 4.78 is 5.82. The fourth-order valence-electron chi connectivity index (χ4n) is 3.11. The molecule has 1 aliphatic rings. The summed E-state index contributed by atoms with van der Waals surface area (Å²) in [5.74, 6) is 0. The van der Waals surface area contributed by atoms with Crippen molar-refractivity contribution in [2.45, 2.75) is 58.9 Å². The lowest BCUT2D eigenvalue weighted by molar-refractivity contribution is -0.0705. The lowest BCUT2D eigenvalue weighted by atomic mass is 10.0. The van der Waals surface area contributed by atoms with Gasteiger partial charge < -0.3 is 10.1 Å². The van der Waals surface area contributed by atoms with Gasteiger partial charge in [0.2, 0.25) is 0 Å². The first-order valence-electron chi connectivity index (χ1n) is 8.22. The van der Waals surface area contributed by atoms with Crippen molar-refractivity contribution < 1.29 is 4.74 Å². The maximum atomic E-state index is 5.82. The summed E-state index contributed by atoms with van der Waals surface area (Å²) in [5, 5.41) is 3.51. The molecule has 118 valence electrons. The van der Waals surface area contributed by atoms with E-state index in [1.165, 1.54) is 11.1 Å². The molecule has 1 saturated heterocycles. The molecule has 3 heteroatoms. The Morgan fingerprint density at radius 3 is 2.38 bits per heavy atom. The molecular weight excluding hydrogens is 260 g/mol. The number of hydrogen-bond acceptors (Lipinski definition) is 3. The van der Waals surface area contributed by atoms with E-state index in [0.29, 0.717) is 18.2 Å². The molecule has 1 aliphatic heterocycles. The van der Waals surface area contributed by atoms with Crippen LogP contribution in [0.3, 0.4) is 0 Å². The van der Waals surface area contributed by atoms with Crippen molar-refractivity contribution in [2.75, 3.05) is 19.6 Å². The number of rotatable bonds is 6. The Hall–Kier alpha value is -0.900. The highest BCUT2D eigenvalue weighted by atomic mass is 16.5. The molecule has 0 radical (unpaired) electrons. The van der Waals surface area contributed by atoms with Crippen LogP contribution >= 0.6 is 0 Å². The largest absolute Gasteiger partial charge is 0.373 e. The Kier molecular flexibility index (Phi) is 6.22. The van der Waals surface area contributed by atoms with Crippen molar-refractivity contribution >= 4 is 0 Å². The number of hydrogen-bond donors (Lipinski definition) is 1. The quantitative estimate of drug-likeness (QED) is 0.872. The van der Waals surface area contributed by atoms with E-state index in [1.54, 1.807) is 0 Å². The van der Waals surface area contributed by atoms with Gasteiger partial charge in [0, 0.05) is 25.7 Å². The Morgan fingerprint density at radius 1 is 1.14 bits per heavy atom. The predicted octanol–water partition coefficient (Wildman–Crippen LogP) is 2.84. The summed E-state index contributed by atoms with van der Waals surface area (Å²) >= 11 is 0. The van der Waals surface area contributed by atoms with Gasteiger partial charge in [-0.2, -0.15) is 0 Å². The van der Waals surface area contributed by atoms with Crippen LogP contribution in [0, 0.1) is 0 Å². The smallest absolute Gasteiger partial charge is 0.0678 e. The Morgan fingerprint density at radius 2 is 1.76 bits per heavy atom. The summed E-state index contributed by atoms with van der Waals surface area (Å²) in [4.78, 5) is 2.52. The summed E-state index contributed by atoms with van der Waals surface area (Å²) in [6, 6.07) is 9.40. The van der Waals surface area contributed by atoms with Crippen LogP contribution in [0.25, 0.3) is 0 Å². The highest BCUT2D eigenvalue weighted by molar-refractivity contribution is 5.27. The van der Waals surface area contributed by atoms with E-state index in [4.69, 9.17) is 4.74 Å². The molecule has 1 aromatic carbocycles. The molecule has 0 saturated carbocycles. The van der Waals surface area contributed by atoms with Gasteiger partial charge in [0.1, 0.15) is 0 Å². The molecule has 2 atom stereocenters. The van der Waals surface area contributed by atoms with E-state index in [-0.39, 0.29) is 0 Å². The van der Waals surface area contributed by atoms with E-state index >= 15 is 0 Å². The van der Waals surface area contributed by atoms with Gasteiger partial charge in [0.05, 0.1) is 12.2 Å². The van der Waals surface area contributed by atoms with Crippen LogP contribution in [-0.2, 0) is 17.7 Å². The van der Waals surface area contributed by atoms with Gasteiger partial charge in [-0.1, -0.05) is 38.1 Å². The van der Waals surface area contributed by atoms with Crippen molar-refractivity contribution in [1.29, 1.82) is 0 Å². The van der Waals surface area contributed by atoms with Crippen molar-refractivity contribution in [3.8, 4) is 0 Å². The molecular formula is C18H30N2O. The first-order chi connectivity index (χ1) is 10.0. The summed E-state index contributed by atoms with van der Waals surface area (Å²) in [5.41, 5.74) is 2.93. The number of morpholine rings is 1. The molecule has 0 aromatic heterocycles. The Bertz CT molecular complexity index is 423. The normalized spacial score (nSPS) is 23.7. The SMILES string of the molecule is CC(C)NCCc1ccccc1CN1C[C@@H](C)O[C@@H](C)C1. The van der Waals surface area contributed by atoms with Crippen molar-refractivity contribution in [3.63, 3.8) is 0 Å². The summed E-state index contributed by atoms with van der Waals surface area (Å²) in [6.07, 6.45) is 1.77. The lowest BCUT2D eigenvalue weighted by Crippen LogP contribution is -2.44. The van der Waals surface area contributed by atoms with Gasteiger partial charge in [-0.3, -0.25) is 4.90 Å². The maximum absolute atomic E-state index is 5.82. The standard InChI is InChI=1S/C18H30N2O/c1-14(2)19-10-9-17-7-5-6-8-18(17)13-20-11-15(3)21-16(4)12-20/h5-8,14-16,19H,9-13H2,1-4H3/t15-,16+. The van der Waals surface area contributed by atoms with Gasteiger partial charge in [-0.15, -0.1) is 0 Å². The minimum Gasteiger partial charge on any atom is -0.373 e. The molecule has 0 unspecified atom stereocenters. The van der Waals surface area contributed by atoms with Gasteiger partial charge in [-0.05, 0) is 37.9 Å². The van der Waals surface area contributed by atoms with Crippen LogP contribution in [0.4, 0.5) is 0 Å². The predicted molar refractivity (Wildman–Crippen MR) is 88.6 cm³/mol. The highest BCUT2D eigenvalue weighted by Gasteiger charge is 2.22. The van der Waals surface area contributed by atoms with Crippen LogP contribution in [0.15, 0.2) is 24.3 Å². The third-order valence-electron chi connectivity index (χ3n) is 3.95. The molecule has 0 aliphatic carbocycles. The van der Waals surface area contributed by atoms with E-state index < -0.39 is 0 Å². The number of benzene rings is 1. The van der Waals surface area contributed by atoms with Crippen molar-refractivity contribution in [2.24, 2.45) is 0 Å². The molecule has 1 heterocycles. The summed E-state index contributed by atoms with van der Waals surface area (Å²) in [7, 11) is 0. The average molecular weight is 290 g/mol. The number of ether oxygens (including phenoxy) is 1. The molecule has 0 amide bonds. The van der Waals surface area contributed by atoms with E-state index in [2.05, 4.69) is 62.2 Å². The molecule has 3 nitrogen and oxygen atoms in total. The fourth-order valence-corrected chi connectivity index (χ4v) is 3.11. The molecule has 0 spiro atoms. The van der Waals surface area contributed by atoms with Gasteiger partial charge >= 0.3 is 0 Å². The van der Waals surface area contributed by atoms with Crippen LogP contribution in [0.1, 0.15) is 38.8 Å². The zero-order valence-electron chi connectivity index (χ0n) is 13.9. The highest BCUT2D eigenvalue weighted by Crippen LogP contribution is 2.17. The van der Waals surface area contributed by atoms with Crippen LogP contribution < -0.4 is 5.32 Å². The monoisotopic (exact) mass is 290 g/mol. The van der Waals surface area contributed by atoms with Crippen LogP contribution in [0.2, 0.25) is 0 Å². The van der Waals surface area contributed by atoms with Gasteiger partial charge in [-0.25, -0.2) is 0 Å². The fraction of sp³-hybridized carbons (Fsp3) is 0.667. The Balaban J connectivity index is 1.95. The van der Waals surface area contributed by atoms with E-state index in [0.717, 1.165) is 32.6 Å². The zero-order chi connectivity index (χ0) is 15.2. The van der Waals surface area contributed by atoms with Crippen molar-refractivity contribution in [3.05, 3.63) is 35.4 Å². The van der Waals surface area contributed by atoms with Crippen molar-refractivity contribution in [1.82, 2.24) is 10.2 Å². The molecule has 1 aromatic rings. The first-order valence-corrected chi connectivity index (χ1v) is 8.22. The summed E-state index contributed by atoms with van der Waals surface area (Å²) in [6.45, 7) is 12.9. The van der Waals surface area contributed by atoms with Gasteiger partial charge in [0.25, 0.3) is 0 Å². The second-order valence-corrected chi connectivity index (χ2v) is 6.58. The second-order valence-electron chi connectivity index (χ2n) is 6.58. The molecule has 1 N–H and O–H groups in total. The van der Waals surface area contributed by atoms with Crippen LogP contribution in [0.5, 0.6) is 0 Å².